The molecule has 0 aromatic heterocycles. The molecule has 1 heterocycles. The summed E-state index contributed by atoms with van der Waals surface area (Å²) in [7, 11) is 2.13. The molecule has 0 amide bonds. The molecule has 1 saturated carbocycles. The highest BCUT2D eigenvalue weighted by Crippen LogP contribution is 2.26. The highest BCUT2D eigenvalue weighted by Gasteiger charge is 2.25. The molecular weight excluding hydrogens is 240 g/mol. The Morgan fingerprint density at radius 2 is 1.89 bits per heavy atom. The van der Waals surface area contributed by atoms with Crippen molar-refractivity contribution in [2.75, 3.05) is 39.8 Å². The van der Waals surface area contributed by atoms with Gasteiger partial charge in [0.25, 0.3) is 0 Å². The van der Waals surface area contributed by atoms with Crippen LogP contribution in [0, 0.1) is 5.92 Å². The summed E-state index contributed by atoms with van der Waals surface area (Å²) in [6.07, 6.45) is 4.46. The van der Waals surface area contributed by atoms with Gasteiger partial charge >= 0.3 is 0 Å². The fraction of sp³-hybridized carbons (Fsp3) is 1.00. The minimum Gasteiger partial charge on any atom is -0.390 e. The summed E-state index contributed by atoms with van der Waals surface area (Å²) in [6, 6.07) is 0. The van der Waals surface area contributed by atoms with E-state index in [4.69, 9.17) is 4.74 Å². The molecule has 0 aromatic rings. The third-order valence-electron chi connectivity index (χ3n) is 4.28. The Labute approximate surface area is 117 Å². The molecular formula is C15H30N2O2. The van der Waals surface area contributed by atoms with Crippen LogP contribution in [0.3, 0.4) is 0 Å². The number of nitrogens with zero attached hydrogens (tertiary/aromatic N) is 2. The van der Waals surface area contributed by atoms with Crippen molar-refractivity contribution in [1.29, 1.82) is 0 Å². The number of aliphatic hydroxyl groups excluding tert-OH is 1. The topological polar surface area (TPSA) is 35.9 Å². The number of hydrogen-bond donors (Lipinski definition) is 1. The molecule has 19 heavy (non-hydrogen) atoms. The second-order valence-electron chi connectivity index (χ2n) is 6.65. The van der Waals surface area contributed by atoms with E-state index in [2.05, 4.69) is 30.7 Å². The third kappa shape index (κ3) is 5.03. The Kier molecular flexibility index (Phi) is 5.63. The molecule has 2 fully saturated rings. The lowest BCUT2D eigenvalue weighted by atomic mass is 9.85. The van der Waals surface area contributed by atoms with Gasteiger partial charge in [-0.05, 0) is 39.7 Å². The summed E-state index contributed by atoms with van der Waals surface area (Å²) in [6.45, 7) is 8.80. The van der Waals surface area contributed by atoms with Gasteiger partial charge in [-0.25, -0.2) is 0 Å². The van der Waals surface area contributed by atoms with E-state index in [1.165, 1.54) is 19.3 Å². The highest BCUT2D eigenvalue weighted by molar-refractivity contribution is 4.78. The van der Waals surface area contributed by atoms with E-state index in [0.717, 1.165) is 38.6 Å². The third-order valence-corrected chi connectivity index (χ3v) is 4.28. The Balaban J connectivity index is 1.66. The Bertz CT molecular complexity index is 261. The molecule has 3 atom stereocenters. The maximum atomic E-state index is 10.2. The van der Waals surface area contributed by atoms with Crippen molar-refractivity contribution in [2.24, 2.45) is 5.92 Å². The van der Waals surface area contributed by atoms with Crippen molar-refractivity contribution in [1.82, 2.24) is 9.80 Å². The average Bonchev–Trinajstić information content (AvgIpc) is 2.21. The Hall–Kier alpha value is -0.160. The van der Waals surface area contributed by atoms with Crippen LogP contribution in [0.15, 0.2) is 0 Å². The van der Waals surface area contributed by atoms with Crippen molar-refractivity contribution in [3.05, 3.63) is 0 Å². The van der Waals surface area contributed by atoms with Crippen LogP contribution in [0.5, 0.6) is 0 Å². The van der Waals surface area contributed by atoms with Crippen molar-refractivity contribution < 1.29 is 9.84 Å². The minimum atomic E-state index is -0.248. The van der Waals surface area contributed by atoms with Crippen LogP contribution in [0.1, 0.15) is 33.1 Å². The van der Waals surface area contributed by atoms with Crippen LogP contribution in [0.2, 0.25) is 0 Å². The molecule has 112 valence electrons. The van der Waals surface area contributed by atoms with Crippen LogP contribution in [0.25, 0.3) is 0 Å². The van der Waals surface area contributed by atoms with Crippen LogP contribution in [0.4, 0.5) is 0 Å². The quantitative estimate of drug-likeness (QED) is 0.786. The number of morpholine rings is 1. The number of aliphatic hydroxyl groups is 1. The molecule has 1 saturated heterocycles. The summed E-state index contributed by atoms with van der Waals surface area (Å²) < 4.78 is 5.72. The molecule has 2 rings (SSSR count). The van der Waals surface area contributed by atoms with Gasteiger partial charge in [0.1, 0.15) is 0 Å². The van der Waals surface area contributed by atoms with Crippen molar-refractivity contribution in [3.8, 4) is 0 Å². The zero-order valence-electron chi connectivity index (χ0n) is 12.7. The Morgan fingerprint density at radius 3 is 2.42 bits per heavy atom. The molecule has 4 nitrogen and oxygen atoms in total. The summed E-state index contributed by atoms with van der Waals surface area (Å²) in [5.41, 5.74) is 0. The first kappa shape index (κ1) is 15.2. The fourth-order valence-corrected chi connectivity index (χ4v) is 3.34. The van der Waals surface area contributed by atoms with Crippen molar-refractivity contribution in [3.63, 3.8) is 0 Å². The van der Waals surface area contributed by atoms with E-state index in [1.54, 1.807) is 0 Å². The van der Waals surface area contributed by atoms with Gasteiger partial charge in [-0.2, -0.15) is 0 Å². The predicted molar refractivity (Wildman–Crippen MR) is 77.3 cm³/mol. The molecule has 0 radical (unpaired) electrons. The first-order chi connectivity index (χ1) is 9.02. The number of ether oxygens (including phenoxy) is 1. The van der Waals surface area contributed by atoms with E-state index >= 15 is 0 Å². The van der Waals surface area contributed by atoms with E-state index in [9.17, 15) is 5.11 Å². The van der Waals surface area contributed by atoms with Crippen LogP contribution < -0.4 is 0 Å². The van der Waals surface area contributed by atoms with Crippen LogP contribution in [-0.4, -0.2) is 73.0 Å². The van der Waals surface area contributed by atoms with E-state index in [0.29, 0.717) is 0 Å². The lowest BCUT2D eigenvalue weighted by Gasteiger charge is -2.37. The van der Waals surface area contributed by atoms with Gasteiger partial charge in [0.05, 0.1) is 18.3 Å². The first-order valence-electron chi connectivity index (χ1n) is 7.77. The highest BCUT2D eigenvalue weighted by atomic mass is 16.5. The number of hydrogen-bond acceptors (Lipinski definition) is 4. The summed E-state index contributed by atoms with van der Waals surface area (Å²) in [4.78, 5) is 4.63. The monoisotopic (exact) mass is 270 g/mol. The molecule has 0 spiro atoms. The van der Waals surface area contributed by atoms with Crippen LogP contribution >= 0.6 is 0 Å². The van der Waals surface area contributed by atoms with Gasteiger partial charge in [-0.15, -0.1) is 0 Å². The number of β-amino-alcohol motifs (C(OH)–C–C–N with tert-alkyl or cyclic N) is 1. The van der Waals surface area contributed by atoms with Gasteiger partial charge in [-0.1, -0.05) is 6.42 Å². The summed E-state index contributed by atoms with van der Waals surface area (Å²) >= 11 is 0. The molecule has 2 aliphatic rings. The SMILES string of the molecule is CC1CN(CC(O)CN(C)CC2CCC2)CC(C)O1. The first-order valence-corrected chi connectivity index (χ1v) is 7.77. The minimum absolute atomic E-state index is 0.248. The van der Waals surface area contributed by atoms with Gasteiger partial charge in [0, 0.05) is 32.7 Å². The maximum Gasteiger partial charge on any atom is 0.0793 e. The lowest BCUT2D eigenvalue weighted by molar-refractivity contribution is -0.0778. The van der Waals surface area contributed by atoms with E-state index in [-0.39, 0.29) is 18.3 Å². The van der Waals surface area contributed by atoms with Gasteiger partial charge in [0.2, 0.25) is 0 Å². The fourth-order valence-electron chi connectivity index (χ4n) is 3.34. The van der Waals surface area contributed by atoms with E-state index < -0.39 is 0 Å². The normalized spacial score (nSPS) is 31.4. The summed E-state index contributed by atoms with van der Waals surface area (Å²) in [5.74, 6) is 0.876. The zero-order chi connectivity index (χ0) is 13.8. The maximum absolute atomic E-state index is 10.2. The molecule has 4 heteroatoms. The second kappa shape index (κ2) is 7.02. The molecule has 0 bridgehead atoms. The van der Waals surface area contributed by atoms with Crippen LogP contribution in [-0.2, 0) is 4.74 Å². The van der Waals surface area contributed by atoms with Gasteiger partial charge in [0.15, 0.2) is 0 Å². The smallest absolute Gasteiger partial charge is 0.0793 e. The standard InChI is InChI=1S/C15H30N2O2/c1-12-7-17(8-13(2)19-12)11-15(18)10-16(3)9-14-5-4-6-14/h12-15,18H,4-11H2,1-3H3. The number of likely N-dealkylation sites (N-methyl/N-ethyl adjacent to an activating group) is 1. The average molecular weight is 270 g/mol. The van der Waals surface area contributed by atoms with E-state index in [1.807, 2.05) is 0 Å². The molecule has 1 aliphatic carbocycles. The molecule has 3 unspecified atom stereocenters. The molecule has 0 aromatic carbocycles. The largest absolute Gasteiger partial charge is 0.390 e. The Morgan fingerprint density at radius 1 is 1.26 bits per heavy atom. The molecule has 1 N–H and O–H groups in total. The van der Waals surface area contributed by atoms with Gasteiger partial charge in [-0.3, -0.25) is 4.90 Å². The predicted octanol–water partition coefficient (Wildman–Crippen LogP) is 1.19. The van der Waals surface area contributed by atoms with Crippen molar-refractivity contribution in [2.45, 2.75) is 51.4 Å². The van der Waals surface area contributed by atoms with Crippen molar-refractivity contribution >= 4 is 0 Å². The zero-order valence-corrected chi connectivity index (χ0v) is 12.7. The lowest BCUT2D eigenvalue weighted by Crippen LogP contribution is -2.49. The number of rotatable bonds is 6. The second-order valence-corrected chi connectivity index (χ2v) is 6.65. The molecule has 1 aliphatic heterocycles. The summed E-state index contributed by atoms with van der Waals surface area (Å²) in [5, 5.41) is 10.2. The van der Waals surface area contributed by atoms with Gasteiger partial charge < -0.3 is 14.7 Å².